The summed E-state index contributed by atoms with van der Waals surface area (Å²) in [6.45, 7) is 1.60. The standard InChI is InChI=1S/C19H20F2N4O2/c20-14-6-7-16(15(21)12-14)23-19(27)25-10-8-24(9-11-25)17(18(22)26)13-4-2-1-3-5-13/h1-7,12,17H,8-11H2,(H2,22,26)(H,23,27). The number of nitrogens with one attached hydrogen (secondary N) is 1. The Morgan fingerprint density at radius 1 is 1.00 bits per heavy atom. The lowest BCUT2D eigenvalue weighted by atomic mass is 10.0. The molecule has 3 amide bonds. The van der Waals surface area contributed by atoms with Crippen molar-refractivity contribution in [3.63, 3.8) is 0 Å². The van der Waals surface area contributed by atoms with Crippen LogP contribution in [0.25, 0.3) is 0 Å². The summed E-state index contributed by atoms with van der Waals surface area (Å²) < 4.78 is 26.6. The van der Waals surface area contributed by atoms with E-state index in [4.69, 9.17) is 5.73 Å². The number of halogens is 2. The van der Waals surface area contributed by atoms with E-state index in [0.717, 1.165) is 11.6 Å². The molecule has 0 aromatic heterocycles. The average molecular weight is 374 g/mol. The van der Waals surface area contributed by atoms with Crippen molar-refractivity contribution in [3.8, 4) is 0 Å². The van der Waals surface area contributed by atoms with Gasteiger partial charge in [0.1, 0.15) is 17.7 Å². The van der Waals surface area contributed by atoms with Crippen LogP contribution in [-0.2, 0) is 4.79 Å². The van der Waals surface area contributed by atoms with Crippen LogP contribution in [0, 0.1) is 11.6 Å². The molecule has 1 aliphatic rings. The van der Waals surface area contributed by atoms with Crippen molar-refractivity contribution >= 4 is 17.6 Å². The van der Waals surface area contributed by atoms with E-state index in [2.05, 4.69) is 5.32 Å². The summed E-state index contributed by atoms with van der Waals surface area (Å²) in [7, 11) is 0. The molecule has 1 unspecified atom stereocenters. The maximum absolute atomic E-state index is 13.7. The summed E-state index contributed by atoms with van der Waals surface area (Å²) in [6, 6.07) is 11.1. The third-order valence-corrected chi connectivity index (χ3v) is 4.52. The summed E-state index contributed by atoms with van der Waals surface area (Å²) in [5, 5.41) is 2.44. The molecule has 142 valence electrons. The monoisotopic (exact) mass is 374 g/mol. The summed E-state index contributed by atoms with van der Waals surface area (Å²) >= 11 is 0. The topological polar surface area (TPSA) is 78.7 Å². The number of nitrogens with two attached hydrogens (primary N) is 1. The molecule has 0 radical (unpaired) electrons. The quantitative estimate of drug-likeness (QED) is 0.862. The van der Waals surface area contributed by atoms with Crippen LogP contribution in [0.15, 0.2) is 48.5 Å². The van der Waals surface area contributed by atoms with Crippen molar-refractivity contribution in [2.75, 3.05) is 31.5 Å². The van der Waals surface area contributed by atoms with Gasteiger partial charge in [0.2, 0.25) is 5.91 Å². The fourth-order valence-corrected chi connectivity index (χ4v) is 3.16. The molecule has 1 heterocycles. The van der Waals surface area contributed by atoms with Crippen LogP contribution in [0.1, 0.15) is 11.6 Å². The second-order valence-corrected chi connectivity index (χ2v) is 6.29. The lowest BCUT2D eigenvalue weighted by Crippen LogP contribution is -2.52. The number of primary amides is 1. The first-order valence-electron chi connectivity index (χ1n) is 8.55. The molecule has 1 fully saturated rings. The van der Waals surface area contributed by atoms with E-state index in [1.54, 1.807) is 0 Å². The number of benzene rings is 2. The first-order chi connectivity index (χ1) is 13.0. The highest BCUT2D eigenvalue weighted by Crippen LogP contribution is 2.22. The second kappa shape index (κ2) is 8.13. The van der Waals surface area contributed by atoms with Gasteiger partial charge in [-0.2, -0.15) is 0 Å². The van der Waals surface area contributed by atoms with E-state index >= 15 is 0 Å². The Balaban J connectivity index is 1.62. The van der Waals surface area contributed by atoms with Crippen molar-refractivity contribution in [1.29, 1.82) is 0 Å². The Labute approximate surface area is 155 Å². The van der Waals surface area contributed by atoms with Gasteiger partial charge < -0.3 is 16.0 Å². The Hall–Kier alpha value is -3.00. The number of carbonyl (C=O) groups excluding carboxylic acids is 2. The molecule has 0 saturated carbocycles. The maximum Gasteiger partial charge on any atom is 0.322 e. The van der Waals surface area contributed by atoms with E-state index in [9.17, 15) is 18.4 Å². The first-order valence-corrected chi connectivity index (χ1v) is 8.55. The summed E-state index contributed by atoms with van der Waals surface area (Å²) in [5.41, 5.74) is 6.30. The smallest absolute Gasteiger partial charge is 0.322 e. The molecule has 8 heteroatoms. The van der Waals surface area contributed by atoms with E-state index in [0.29, 0.717) is 32.2 Å². The van der Waals surface area contributed by atoms with Gasteiger partial charge in [0.05, 0.1) is 5.69 Å². The molecule has 27 heavy (non-hydrogen) atoms. The molecule has 2 aromatic carbocycles. The van der Waals surface area contributed by atoms with Crippen molar-refractivity contribution in [2.24, 2.45) is 5.73 Å². The minimum atomic E-state index is -0.833. The number of hydrogen-bond acceptors (Lipinski definition) is 3. The molecule has 3 N–H and O–H groups in total. The van der Waals surface area contributed by atoms with Crippen molar-refractivity contribution < 1.29 is 18.4 Å². The van der Waals surface area contributed by atoms with Gasteiger partial charge in [-0.3, -0.25) is 9.69 Å². The summed E-state index contributed by atoms with van der Waals surface area (Å²) in [5.74, 6) is -2.00. The molecule has 0 spiro atoms. The molecule has 1 aliphatic heterocycles. The number of piperazine rings is 1. The van der Waals surface area contributed by atoms with Crippen LogP contribution in [0.3, 0.4) is 0 Å². The number of anilines is 1. The molecule has 1 atom stereocenters. The zero-order chi connectivity index (χ0) is 19.4. The van der Waals surface area contributed by atoms with Gasteiger partial charge in [-0.25, -0.2) is 13.6 Å². The van der Waals surface area contributed by atoms with Crippen LogP contribution in [-0.4, -0.2) is 47.9 Å². The highest BCUT2D eigenvalue weighted by atomic mass is 19.1. The third-order valence-electron chi connectivity index (χ3n) is 4.52. The van der Waals surface area contributed by atoms with E-state index in [-0.39, 0.29) is 5.69 Å². The summed E-state index contributed by atoms with van der Waals surface area (Å²) in [4.78, 5) is 27.7. The number of hydrogen-bond donors (Lipinski definition) is 2. The molecule has 6 nitrogen and oxygen atoms in total. The minimum absolute atomic E-state index is 0.0804. The van der Waals surface area contributed by atoms with Gasteiger partial charge in [-0.1, -0.05) is 30.3 Å². The third kappa shape index (κ3) is 4.40. The van der Waals surface area contributed by atoms with Gasteiger partial charge in [0.25, 0.3) is 0 Å². The van der Waals surface area contributed by atoms with Gasteiger partial charge in [-0.05, 0) is 17.7 Å². The van der Waals surface area contributed by atoms with Gasteiger partial charge in [-0.15, -0.1) is 0 Å². The maximum atomic E-state index is 13.7. The SMILES string of the molecule is NC(=O)C(c1ccccc1)N1CCN(C(=O)Nc2ccc(F)cc2F)CC1. The predicted molar refractivity (Wildman–Crippen MR) is 96.9 cm³/mol. The highest BCUT2D eigenvalue weighted by molar-refractivity contribution is 5.89. The van der Waals surface area contributed by atoms with Crippen molar-refractivity contribution in [3.05, 3.63) is 65.7 Å². The number of nitrogens with zero attached hydrogens (tertiary/aromatic N) is 2. The lowest BCUT2D eigenvalue weighted by Gasteiger charge is -2.38. The number of amides is 3. The van der Waals surface area contributed by atoms with Crippen LogP contribution in [0.5, 0.6) is 0 Å². The van der Waals surface area contributed by atoms with Crippen LogP contribution in [0.2, 0.25) is 0 Å². The Morgan fingerprint density at radius 3 is 2.26 bits per heavy atom. The van der Waals surface area contributed by atoms with E-state index < -0.39 is 29.6 Å². The zero-order valence-corrected chi connectivity index (χ0v) is 14.6. The van der Waals surface area contributed by atoms with Crippen LogP contribution >= 0.6 is 0 Å². The Morgan fingerprint density at radius 2 is 1.67 bits per heavy atom. The molecule has 0 aliphatic carbocycles. The summed E-state index contributed by atoms with van der Waals surface area (Å²) in [6.07, 6.45) is 0. The van der Waals surface area contributed by atoms with Gasteiger partial charge in [0.15, 0.2) is 0 Å². The molecule has 1 saturated heterocycles. The largest absolute Gasteiger partial charge is 0.368 e. The van der Waals surface area contributed by atoms with E-state index in [1.165, 1.54) is 11.0 Å². The number of rotatable bonds is 4. The molecule has 0 bridgehead atoms. The van der Waals surface area contributed by atoms with Crippen LogP contribution < -0.4 is 11.1 Å². The van der Waals surface area contributed by atoms with Gasteiger partial charge in [0, 0.05) is 32.2 Å². The average Bonchev–Trinajstić information content (AvgIpc) is 2.65. The lowest BCUT2D eigenvalue weighted by molar-refractivity contribution is -0.124. The molecule has 2 aromatic rings. The van der Waals surface area contributed by atoms with E-state index in [1.807, 2.05) is 35.2 Å². The molecular weight excluding hydrogens is 354 g/mol. The minimum Gasteiger partial charge on any atom is -0.368 e. The Bertz CT molecular complexity index is 824. The number of carbonyl (C=O) groups is 2. The normalized spacial score (nSPS) is 16.0. The number of urea groups is 1. The van der Waals surface area contributed by atoms with Crippen LogP contribution in [0.4, 0.5) is 19.3 Å². The molecular formula is C19H20F2N4O2. The van der Waals surface area contributed by atoms with Crippen molar-refractivity contribution in [2.45, 2.75) is 6.04 Å². The fraction of sp³-hybridized carbons (Fsp3) is 0.263. The fourth-order valence-electron chi connectivity index (χ4n) is 3.16. The Kier molecular flexibility index (Phi) is 5.66. The highest BCUT2D eigenvalue weighted by Gasteiger charge is 2.30. The van der Waals surface area contributed by atoms with Crippen molar-refractivity contribution in [1.82, 2.24) is 9.80 Å². The predicted octanol–water partition coefficient (Wildman–Crippen LogP) is 2.34. The zero-order valence-electron chi connectivity index (χ0n) is 14.6. The second-order valence-electron chi connectivity index (χ2n) is 6.29. The first kappa shape index (κ1) is 18.8. The van der Waals surface area contributed by atoms with Gasteiger partial charge >= 0.3 is 6.03 Å². The molecule has 3 rings (SSSR count).